The van der Waals surface area contributed by atoms with Crippen LogP contribution >= 0.6 is 11.3 Å². The summed E-state index contributed by atoms with van der Waals surface area (Å²) in [4.78, 5) is 20.8. The number of carbonyl (C=O) groups excluding carboxylic acids is 1. The van der Waals surface area contributed by atoms with Gasteiger partial charge in [-0.3, -0.25) is 9.79 Å². The minimum absolute atomic E-state index is 0.0106. The quantitative estimate of drug-likeness (QED) is 0.671. The van der Waals surface area contributed by atoms with Gasteiger partial charge in [0.2, 0.25) is 0 Å². The van der Waals surface area contributed by atoms with E-state index in [1.54, 1.807) is 18.4 Å². The molecule has 3 aromatic rings. The highest BCUT2D eigenvalue weighted by Gasteiger charge is 2.30. The van der Waals surface area contributed by atoms with Gasteiger partial charge in [0.05, 0.1) is 29.9 Å². The number of hydrogen-bond acceptors (Lipinski definition) is 4. The third-order valence-corrected chi connectivity index (χ3v) is 5.55. The first-order valence-corrected chi connectivity index (χ1v) is 9.70. The molecule has 1 aliphatic rings. The first-order chi connectivity index (χ1) is 13.2. The average Bonchev–Trinajstić information content (AvgIpc) is 3.16. The van der Waals surface area contributed by atoms with E-state index >= 15 is 0 Å². The van der Waals surface area contributed by atoms with Crippen molar-refractivity contribution in [2.24, 2.45) is 4.99 Å². The first-order valence-electron chi connectivity index (χ1n) is 8.83. The summed E-state index contributed by atoms with van der Waals surface area (Å²) >= 11 is 1.62. The summed E-state index contributed by atoms with van der Waals surface area (Å²) in [6.45, 7) is 2.37. The molecule has 2 aromatic carbocycles. The van der Waals surface area contributed by atoms with Crippen molar-refractivity contribution in [1.29, 1.82) is 0 Å². The fourth-order valence-electron chi connectivity index (χ4n) is 3.22. The molecule has 0 N–H and O–H groups in total. The molecule has 1 aliphatic heterocycles. The van der Waals surface area contributed by atoms with Crippen LogP contribution in [0, 0.1) is 0 Å². The number of benzene rings is 2. The number of methoxy groups -OCH3 is 1. The predicted molar refractivity (Wildman–Crippen MR) is 110 cm³/mol. The van der Waals surface area contributed by atoms with Crippen LogP contribution in [0.4, 0.5) is 5.69 Å². The van der Waals surface area contributed by atoms with E-state index in [-0.39, 0.29) is 5.91 Å². The second-order valence-electron chi connectivity index (χ2n) is 6.43. The molecule has 0 spiro atoms. The maximum absolute atomic E-state index is 13.1. The highest BCUT2D eigenvalue weighted by Crippen LogP contribution is 2.34. The molecule has 0 aliphatic carbocycles. The SMILES string of the molecule is COc1ccc(CN2C(=O)[C@H](C)N=C(c3ccccc3)c3sccc32)cc1. The van der Waals surface area contributed by atoms with Crippen LogP contribution in [0.15, 0.2) is 71.0 Å². The third-order valence-electron chi connectivity index (χ3n) is 4.64. The monoisotopic (exact) mass is 376 g/mol. The molecule has 1 amide bonds. The number of carbonyl (C=O) groups is 1. The van der Waals surface area contributed by atoms with Gasteiger partial charge >= 0.3 is 0 Å². The van der Waals surface area contributed by atoms with Crippen LogP contribution < -0.4 is 9.64 Å². The molecule has 1 aromatic heterocycles. The molecule has 0 radical (unpaired) electrons. The van der Waals surface area contributed by atoms with E-state index in [9.17, 15) is 4.79 Å². The number of ether oxygens (including phenoxy) is 1. The van der Waals surface area contributed by atoms with E-state index in [2.05, 4.69) is 0 Å². The standard InChI is InChI=1S/C22H20N2O2S/c1-15-22(25)24(14-16-8-10-18(26-2)11-9-16)19-12-13-27-21(19)20(23-15)17-6-4-3-5-7-17/h3-13,15H,14H2,1-2H3/t15-/m0/s1. The maximum Gasteiger partial charge on any atom is 0.251 e. The Morgan fingerprint density at radius 3 is 2.52 bits per heavy atom. The Morgan fingerprint density at radius 2 is 1.81 bits per heavy atom. The van der Waals surface area contributed by atoms with Gasteiger partial charge in [0.15, 0.2) is 0 Å². The van der Waals surface area contributed by atoms with Gasteiger partial charge in [-0.25, -0.2) is 0 Å². The second kappa shape index (κ2) is 7.37. The molecule has 1 atom stereocenters. The summed E-state index contributed by atoms with van der Waals surface area (Å²) < 4.78 is 5.23. The van der Waals surface area contributed by atoms with Crippen LogP contribution in [0.2, 0.25) is 0 Å². The summed E-state index contributed by atoms with van der Waals surface area (Å²) in [5.41, 5.74) is 3.90. The van der Waals surface area contributed by atoms with E-state index in [0.29, 0.717) is 6.54 Å². The molecule has 5 heteroatoms. The Bertz CT molecular complexity index is 977. The van der Waals surface area contributed by atoms with Gasteiger partial charge in [-0.05, 0) is 36.1 Å². The lowest BCUT2D eigenvalue weighted by atomic mass is 10.1. The van der Waals surface area contributed by atoms with Crippen LogP contribution in [0.1, 0.15) is 22.9 Å². The highest BCUT2D eigenvalue weighted by atomic mass is 32.1. The topological polar surface area (TPSA) is 41.9 Å². The summed E-state index contributed by atoms with van der Waals surface area (Å²) in [6, 6.07) is 19.5. The molecule has 27 heavy (non-hydrogen) atoms. The van der Waals surface area contributed by atoms with Gasteiger partial charge in [0, 0.05) is 5.56 Å². The first kappa shape index (κ1) is 17.5. The third kappa shape index (κ3) is 3.38. The van der Waals surface area contributed by atoms with Crippen LogP contribution in [-0.4, -0.2) is 24.8 Å². The molecule has 136 valence electrons. The van der Waals surface area contributed by atoms with E-state index < -0.39 is 6.04 Å². The van der Waals surface area contributed by atoms with Crippen molar-refractivity contribution in [2.45, 2.75) is 19.5 Å². The Morgan fingerprint density at radius 1 is 1.07 bits per heavy atom. The minimum atomic E-state index is -0.432. The van der Waals surface area contributed by atoms with E-state index in [4.69, 9.17) is 9.73 Å². The van der Waals surface area contributed by atoms with Crippen LogP contribution in [0.3, 0.4) is 0 Å². The van der Waals surface area contributed by atoms with Crippen LogP contribution in [0.5, 0.6) is 5.75 Å². The molecular weight excluding hydrogens is 356 g/mol. The zero-order valence-electron chi connectivity index (χ0n) is 15.3. The predicted octanol–water partition coefficient (Wildman–Crippen LogP) is 4.53. The number of anilines is 1. The summed E-state index contributed by atoms with van der Waals surface area (Å²) in [6.07, 6.45) is 0. The zero-order valence-corrected chi connectivity index (χ0v) is 16.1. The number of aliphatic imine (C=N–C) groups is 1. The molecule has 0 bridgehead atoms. The number of fused-ring (bicyclic) bond motifs is 1. The van der Waals surface area contributed by atoms with E-state index in [0.717, 1.165) is 33.2 Å². The molecule has 0 saturated carbocycles. The minimum Gasteiger partial charge on any atom is -0.497 e. The molecule has 0 fully saturated rings. The van der Waals surface area contributed by atoms with Crippen molar-refractivity contribution in [3.05, 3.63) is 82.0 Å². The Balaban J connectivity index is 1.74. The number of thiophene rings is 1. The summed E-state index contributed by atoms with van der Waals surface area (Å²) in [5, 5.41) is 2.02. The highest BCUT2D eigenvalue weighted by molar-refractivity contribution is 7.13. The lowest BCUT2D eigenvalue weighted by Crippen LogP contribution is -2.35. The van der Waals surface area contributed by atoms with Gasteiger partial charge in [-0.2, -0.15) is 0 Å². The zero-order chi connectivity index (χ0) is 18.8. The van der Waals surface area contributed by atoms with Crippen molar-refractivity contribution in [1.82, 2.24) is 0 Å². The fourth-order valence-corrected chi connectivity index (χ4v) is 4.14. The Labute approximate surface area is 162 Å². The van der Waals surface area contributed by atoms with Gasteiger partial charge in [-0.15, -0.1) is 11.3 Å². The molecule has 2 heterocycles. The molecule has 0 saturated heterocycles. The number of amides is 1. The van der Waals surface area contributed by atoms with Gasteiger partial charge in [0.1, 0.15) is 11.8 Å². The van der Waals surface area contributed by atoms with Gasteiger partial charge in [0.25, 0.3) is 5.91 Å². The molecule has 0 unspecified atom stereocenters. The average molecular weight is 376 g/mol. The van der Waals surface area contributed by atoms with Gasteiger partial charge in [-0.1, -0.05) is 42.5 Å². The van der Waals surface area contributed by atoms with Crippen molar-refractivity contribution in [3.8, 4) is 5.75 Å². The number of hydrogen-bond donors (Lipinski definition) is 0. The second-order valence-corrected chi connectivity index (χ2v) is 7.34. The van der Waals surface area contributed by atoms with Crippen molar-refractivity contribution in [2.75, 3.05) is 12.0 Å². The van der Waals surface area contributed by atoms with Crippen molar-refractivity contribution >= 4 is 28.6 Å². The lowest BCUT2D eigenvalue weighted by Gasteiger charge is -2.23. The maximum atomic E-state index is 13.1. The largest absolute Gasteiger partial charge is 0.497 e. The fraction of sp³-hybridized carbons (Fsp3) is 0.182. The number of rotatable bonds is 4. The van der Waals surface area contributed by atoms with Crippen molar-refractivity contribution < 1.29 is 9.53 Å². The smallest absolute Gasteiger partial charge is 0.251 e. The molecular formula is C22H20N2O2S. The van der Waals surface area contributed by atoms with Crippen molar-refractivity contribution in [3.63, 3.8) is 0 Å². The summed E-state index contributed by atoms with van der Waals surface area (Å²) in [7, 11) is 1.65. The van der Waals surface area contributed by atoms with Crippen LogP contribution in [0.25, 0.3) is 0 Å². The molecule has 4 nitrogen and oxygen atoms in total. The molecule has 4 rings (SSSR count). The van der Waals surface area contributed by atoms with Gasteiger partial charge < -0.3 is 9.64 Å². The van der Waals surface area contributed by atoms with Crippen LogP contribution in [-0.2, 0) is 11.3 Å². The lowest BCUT2D eigenvalue weighted by molar-refractivity contribution is -0.119. The van der Waals surface area contributed by atoms with E-state index in [1.807, 2.05) is 77.9 Å². The Hall–Kier alpha value is -2.92. The number of nitrogens with zero attached hydrogens (tertiary/aromatic N) is 2. The summed E-state index contributed by atoms with van der Waals surface area (Å²) in [5.74, 6) is 0.816. The van der Waals surface area contributed by atoms with E-state index in [1.165, 1.54) is 0 Å². The normalized spacial score (nSPS) is 16.5. The Kier molecular flexibility index (Phi) is 4.77.